The number of hydrogen-bond acceptors (Lipinski definition) is 4. The van der Waals surface area contributed by atoms with E-state index >= 15 is 0 Å². The van der Waals surface area contributed by atoms with Crippen molar-refractivity contribution in [1.29, 1.82) is 0 Å². The van der Waals surface area contributed by atoms with E-state index in [2.05, 4.69) is 4.98 Å². The first-order chi connectivity index (χ1) is 9.62. The molecule has 0 spiro atoms. The minimum atomic E-state index is -1.00. The minimum absolute atomic E-state index is 0.162. The Morgan fingerprint density at radius 3 is 2.65 bits per heavy atom. The predicted octanol–water partition coefficient (Wildman–Crippen LogP) is 3.14. The van der Waals surface area contributed by atoms with Gasteiger partial charge in [0, 0.05) is 17.8 Å². The van der Waals surface area contributed by atoms with Crippen molar-refractivity contribution in [1.82, 2.24) is 4.98 Å². The number of pyridine rings is 1. The van der Waals surface area contributed by atoms with Gasteiger partial charge in [-0.05, 0) is 24.6 Å². The number of aryl methyl sites for hydroxylation is 1. The fourth-order valence-corrected chi connectivity index (χ4v) is 1.70. The fraction of sp³-hybridized carbons (Fsp3) is 0.200. The highest BCUT2D eigenvalue weighted by Crippen LogP contribution is 2.25. The Balaban J connectivity index is 2.32. The van der Waals surface area contributed by atoms with E-state index in [1.165, 1.54) is 6.07 Å². The Hall–Kier alpha value is -2.56. The second-order valence-corrected chi connectivity index (χ2v) is 4.13. The van der Waals surface area contributed by atoms with Crippen LogP contribution in [-0.4, -0.2) is 23.2 Å². The standard InChI is InChI=1S/C15H15NO4/c1-3-11-7-10(15(17)18)8-14(16-11)20-13-6-4-5-12(9-13)19-2/h4-9H,3H2,1-2H3,(H,17,18). The molecule has 5 nitrogen and oxygen atoms in total. The van der Waals surface area contributed by atoms with E-state index in [4.69, 9.17) is 14.6 Å². The zero-order chi connectivity index (χ0) is 14.5. The number of ether oxygens (including phenoxy) is 2. The number of carboxylic acids is 1. The minimum Gasteiger partial charge on any atom is -0.497 e. The molecule has 1 aromatic heterocycles. The summed E-state index contributed by atoms with van der Waals surface area (Å²) in [6.45, 7) is 1.91. The van der Waals surface area contributed by atoms with Crippen molar-refractivity contribution in [3.05, 3.63) is 47.7 Å². The van der Waals surface area contributed by atoms with Crippen LogP contribution in [0.2, 0.25) is 0 Å². The van der Waals surface area contributed by atoms with E-state index < -0.39 is 5.97 Å². The number of hydrogen-bond donors (Lipinski definition) is 1. The second kappa shape index (κ2) is 6.06. The summed E-state index contributed by atoms with van der Waals surface area (Å²) in [5, 5.41) is 9.07. The maximum Gasteiger partial charge on any atom is 0.335 e. The SMILES string of the molecule is CCc1cc(C(=O)O)cc(Oc2cccc(OC)c2)n1. The van der Waals surface area contributed by atoms with Crippen LogP contribution < -0.4 is 9.47 Å². The summed E-state index contributed by atoms with van der Waals surface area (Å²) in [6, 6.07) is 9.99. The third-order valence-electron chi connectivity index (χ3n) is 2.73. The maximum absolute atomic E-state index is 11.1. The smallest absolute Gasteiger partial charge is 0.335 e. The van der Waals surface area contributed by atoms with E-state index in [1.54, 1.807) is 37.4 Å². The van der Waals surface area contributed by atoms with Gasteiger partial charge in [-0.25, -0.2) is 9.78 Å². The second-order valence-electron chi connectivity index (χ2n) is 4.13. The largest absolute Gasteiger partial charge is 0.497 e. The van der Waals surface area contributed by atoms with Crippen molar-refractivity contribution >= 4 is 5.97 Å². The van der Waals surface area contributed by atoms with Crippen molar-refractivity contribution in [3.63, 3.8) is 0 Å². The molecule has 0 atom stereocenters. The van der Waals surface area contributed by atoms with Crippen LogP contribution in [-0.2, 0) is 6.42 Å². The Labute approximate surface area is 116 Å². The average Bonchev–Trinajstić information content (AvgIpc) is 2.47. The number of nitrogens with zero attached hydrogens (tertiary/aromatic N) is 1. The van der Waals surface area contributed by atoms with Crippen LogP contribution in [0.15, 0.2) is 36.4 Å². The monoisotopic (exact) mass is 273 g/mol. The van der Waals surface area contributed by atoms with Gasteiger partial charge in [0.15, 0.2) is 0 Å². The number of aromatic nitrogens is 1. The zero-order valence-corrected chi connectivity index (χ0v) is 11.3. The van der Waals surface area contributed by atoms with E-state index in [0.717, 1.165) is 0 Å². The molecule has 0 bridgehead atoms. The molecule has 1 N–H and O–H groups in total. The van der Waals surface area contributed by atoms with Gasteiger partial charge < -0.3 is 14.6 Å². The zero-order valence-electron chi connectivity index (χ0n) is 11.3. The molecule has 2 aromatic rings. The molecule has 0 unspecified atom stereocenters. The molecule has 0 fully saturated rings. The number of carboxylic acid groups (broad SMARTS) is 1. The maximum atomic E-state index is 11.1. The third kappa shape index (κ3) is 3.26. The summed E-state index contributed by atoms with van der Waals surface area (Å²) >= 11 is 0. The molecule has 1 heterocycles. The molecular formula is C15H15NO4. The molecule has 0 saturated heterocycles. The molecule has 0 aliphatic rings. The lowest BCUT2D eigenvalue weighted by atomic mass is 10.2. The fourth-order valence-electron chi connectivity index (χ4n) is 1.70. The molecule has 1 aromatic carbocycles. The molecule has 20 heavy (non-hydrogen) atoms. The highest BCUT2D eigenvalue weighted by Gasteiger charge is 2.09. The summed E-state index contributed by atoms with van der Waals surface area (Å²) in [7, 11) is 1.57. The van der Waals surface area contributed by atoms with Crippen molar-refractivity contribution in [2.75, 3.05) is 7.11 Å². The van der Waals surface area contributed by atoms with Gasteiger partial charge in [-0.15, -0.1) is 0 Å². The quantitative estimate of drug-likeness (QED) is 0.906. The van der Waals surface area contributed by atoms with Crippen molar-refractivity contribution in [2.45, 2.75) is 13.3 Å². The molecule has 0 aliphatic heterocycles. The number of methoxy groups -OCH3 is 1. The Kier molecular flexibility index (Phi) is 4.20. The number of benzene rings is 1. The summed E-state index contributed by atoms with van der Waals surface area (Å²) in [5.41, 5.74) is 0.831. The van der Waals surface area contributed by atoms with Crippen LogP contribution in [0.4, 0.5) is 0 Å². The molecule has 0 amide bonds. The van der Waals surface area contributed by atoms with Crippen LogP contribution in [0.1, 0.15) is 23.0 Å². The Bertz CT molecular complexity index is 625. The lowest BCUT2D eigenvalue weighted by molar-refractivity contribution is 0.0696. The predicted molar refractivity (Wildman–Crippen MR) is 73.6 cm³/mol. The first kappa shape index (κ1) is 13.9. The first-order valence-electron chi connectivity index (χ1n) is 6.18. The van der Waals surface area contributed by atoms with Gasteiger partial charge in [-0.3, -0.25) is 0 Å². The van der Waals surface area contributed by atoms with Gasteiger partial charge in [0.1, 0.15) is 11.5 Å². The summed E-state index contributed by atoms with van der Waals surface area (Å²) < 4.78 is 10.7. The van der Waals surface area contributed by atoms with Gasteiger partial charge in [-0.2, -0.15) is 0 Å². The topological polar surface area (TPSA) is 68.7 Å². The van der Waals surface area contributed by atoms with Crippen LogP contribution in [0.5, 0.6) is 17.4 Å². The molecule has 0 aliphatic carbocycles. The molecule has 104 valence electrons. The van der Waals surface area contributed by atoms with Crippen molar-refractivity contribution in [2.24, 2.45) is 0 Å². The highest BCUT2D eigenvalue weighted by atomic mass is 16.5. The molecule has 0 saturated carbocycles. The average molecular weight is 273 g/mol. The van der Waals surface area contributed by atoms with Crippen LogP contribution in [0.3, 0.4) is 0 Å². The number of carbonyl (C=O) groups is 1. The Morgan fingerprint density at radius 1 is 1.25 bits per heavy atom. The lowest BCUT2D eigenvalue weighted by Gasteiger charge is -2.08. The van der Waals surface area contributed by atoms with E-state index in [9.17, 15) is 4.79 Å². The van der Waals surface area contributed by atoms with Crippen molar-refractivity contribution < 1.29 is 19.4 Å². The van der Waals surface area contributed by atoms with Crippen LogP contribution >= 0.6 is 0 Å². The van der Waals surface area contributed by atoms with E-state index in [-0.39, 0.29) is 11.4 Å². The van der Waals surface area contributed by atoms with Crippen molar-refractivity contribution in [3.8, 4) is 17.4 Å². The highest BCUT2D eigenvalue weighted by molar-refractivity contribution is 5.88. The summed E-state index contributed by atoms with van der Waals surface area (Å²) in [4.78, 5) is 15.3. The van der Waals surface area contributed by atoms with E-state index in [0.29, 0.717) is 23.6 Å². The molecule has 5 heteroatoms. The normalized spacial score (nSPS) is 10.1. The van der Waals surface area contributed by atoms with Gasteiger partial charge in [-0.1, -0.05) is 13.0 Å². The summed E-state index contributed by atoms with van der Waals surface area (Å²) in [5.74, 6) is 0.460. The molecular weight excluding hydrogens is 258 g/mol. The van der Waals surface area contributed by atoms with Gasteiger partial charge in [0.2, 0.25) is 5.88 Å². The third-order valence-corrected chi connectivity index (χ3v) is 2.73. The number of rotatable bonds is 5. The van der Waals surface area contributed by atoms with Crippen LogP contribution in [0, 0.1) is 0 Å². The van der Waals surface area contributed by atoms with Gasteiger partial charge in [0.25, 0.3) is 0 Å². The van der Waals surface area contributed by atoms with Gasteiger partial charge in [0.05, 0.1) is 12.7 Å². The van der Waals surface area contributed by atoms with E-state index in [1.807, 2.05) is 6.92 Å². The van der Waals surface area contributed by atoms with Crippen LogP contribution in [0.25, 0.3) is 0 Å². The Morgan fingerprint density at radius 2 is 2.00 bits per heavy atom. The number of aromatic carboxylic acids is 1. The summed E-state index contributed by atoms with van der Waals surface area (Å²) in [6.07, 6.45) is 0.635. The van der Waals surface area contributed by atoms with Gasteiger partial charge >= 0.3 is 5.97 Å². The lowest BCUT2D eigenvalue weighted by Crippen LogP contribution is -2.01. The molecule has 2 rings (SSSR count). The molecule has 0 radical (unpaired) electrons. The first-order valence-corrected chi connectivity index (χ1v) is 6.18.